The minimum atomic E-state index is -0.291. The minimum absolute atomic E-state index is 0.101. The Balaban J connectivity index is 2.15. The van der Waals surface area contributed by atoms with Crippen LogP contribution in [0, 0.1) is 0 Å². The number of hydrogen-bond donors (Lipinski definition) is 1. The van der Waals surface area contributed by atoms with Gasteiger partial charge in [0.25, 0.3) is 5.56 Å². The molecule has 0 saturated heterocycles. The minimum Gasteiger partial charge on any atom is -0.494 e. The number of benzene rings is 2. The molecule has 0 atom stereocenters. The number of hydrogen-bond acceptors (Lipinski definition) is 4. The molecule has 2 aromatic carbocycles. The van der Waals surface area contributed by atoms with Crippen molar-refractivity contribution in [1.82, 2.24) is 14.0 Å². The molecular weight excluding hydrogens is 318 g/mol. The van der Waals surface area contributed by atoms with E-state index in [1.54, 1.807) is 16.1 Å². The number of imidazole rings is 1. The van der Waals surface area contributed by atoms with Crippen molar-refractivity contribution < 1.29 is 9.84 Å². The molecule has 0 spiro atoms. The van der Waals surface area contributed by atoms with Gasteiger partial charge in [-0.3, -0.25) is 9.36 Å². The highest BCUT2D eigenvalue weighted by Gasteiger charge is 2.20. The van der Waals surface area contributed by atoms with Crippen LogP contribution in [-0.2, 0) is 11.3 Å². The molecular formula is C19H17N3O3. The second kappa shape index (κ2) is 6.07. The van der Waals surface area contributed by atoms with Gasteiger partial charge in [-0.15, -0.1) is 0 Å². The maximum atomic E-state index is 13.2. The number of methoxy groups -OCH3 is 1. The van der Waals surface area contributed by atoms with Crippen LogP contribution in [0.1, 0.15) is 0 Å². The Morgan fingerprint density at radius 2 is 1.80 bits per heavy atom. The lowest BCUT2D eigenvalue weighted by atomic mass is 10.1. The Morgan fingerprint density at radius 1 is 1.08 bits per heavy atom. The number of ether oxygens (including phenoxy) is 1. The van der Waals surface area contributed by atoms with Gasteiger partial charge in [0.1, 0.15) is 5.56 Å². The molecule has 0 radical (unpaired) electrons. The number of aromatic hydroxyl groups is 1. The molecule has 0 aliphatic rings. The Labute approximate surface area is 143 Å². The molecule has 6 nitrogen and oxygen atoms in total. The predicted molar refractivity (Wildman–Crippen MR) is 95.9 cm³/mol. The standard InChI is InChI=1S/C19H17N3O3/c1-25-12-11-21-17(23)16(13-7-3-2-4-8-13)18(24)22-15-10-6-5-9-14(15)20-19(21)22/h2-10,23H,11-12H2,1H3. The SMILES string of the molecule is COCCn1c(O)c(-c2ccccc2)c(=O)n2c3ccccc3nc12. The van der Waals surface area contributed by atoms with E-state index in [0.717, 1.165) is 0 Å². The van der Waals surface area contributed by atoms with Gasteiger partial charge >= 0.3 is 0 Å². The highest BCUT2D eigenvalue weighted by Crippen LogP contribution is 2.28. The van der Waals surface area contributed by atoms with Crippen LogP contribution in [0.3, 0.4) is 0 Å². The first-order valence-corrected chi connectivity index (χ1v) is 7.99. The summed E-state index contributed by atoms with van der Waals surface area (Å²) in [7, 11) is 1.59. The number of nitrogens with zero attached hydrogens (tertiary/aromatic N) is 3. The number of aromatic nitrogens is 3. The molecule has 126 valence electrons. The number of rotatable bonds is 4. The lowest BCUT2D eigenvalue weighted by Gasteiger charge is -2.14. The van der Waals surface area contributed by atoms with E-state index in [4.69, 9.17) is 4.74 Å². The van der Waals surface area contributed by atoms with Crippen LogP contribution >= 0.6 is 0 Å². The Hall–Kier alpha value is -3.12. The van der Waals surface area contributed by atoms with Gasteiger partial charge in [0, 0.05) is 7.11 Å². The first-order chi connectivity index (χ1) is 12.2. The lowest BCUT2D eigenvalue weighted by Crippen LogP contribution is -2.21. The molecule has 0 aliphatic carbocycles. The Bertz CT molecular complexity index is 1110. The van der Waals surface area contributed by atoms with Crippen molar-refractivity contribution in [2.75, 3.05) is 13.7 Å². The summed E-state index contributed by atoms with van der Waals surface area (Å²) >= 11 is 0. The smallest absolute Gasteiger partial charge is 0.271 e. The molecule has 1 N–H and O–H groups in total. The molecule has 0 aliphatic heterocycles. The van der Waals surface area contributed by atoms with Crippen LogP contribution in [-0.4, -0.2) is 32.8 Å². The van der Waals surface area contributed by atoms with Crippen LogP contribution in [0.4, 0.5) is 0 Å². The van der Waals surface area contributed by atoms with Gasteiger partial charge in [-0.25, -0.2) is 9.38 Å². The number of para-hydroxylation sites is 2. The van der Waals surface area contributed by atoms with E-state index in [-0.39, 0.29) is 17.0 Å². The maximum absolute atomic E-state index is 13.2. The topological polar surface area (TPSA) is 68.8 Å². The van der Waals surface area contributed by atoms with Crippen molar-refractivity contribution in [3.05, 3.63) is 65.0 Å². The third-order valence-electron chi connectivity index (χ3n) is 4.26. The van der Waals surface area contributed by atoms with E-state index in [0.29, 0.717) is 35.5 Å². The van der Waals surface area contributed by atoms with Crippen molar-refractivity contribution in [3.8, 4) is 17.0 Å². The van der Waals surface area contributed by atoms with E-state index in [2.05, 4.69) is 4.98 Å². The predicted octanol–water partition coefficient (Wildman–Crippen LogP) is 2.67. The van der Waals surface area contributed by atoms with Crippen LogP contribution < -0.4 is 5.56 Å². The van der Waals surface area contributed by atoms with Gasteiger partial charge in [0.05, 0.1) is 24.2 Å². The Morgan fingerprint density at radius 3 is 2.56 bits per heavy atom. The fourth-order valence-electron chi connectivity index (χ4n) is 3.08. The van der Waals surface area contributed by atoms with Gasteiger partial charge in [-0.2, -0.15) is 0 Å². The molecule has 0 unspecified atom stereocenters. The average molecular weight is 335 g/mol. The monoisotopic (exact) mass is 335 g/mol. The highest BCUT2D eigenvalue weighted by molar-refractivity contribution is 5.81. The lowest BCUT2D eigenvalue weighted by molar-refractivity contribution is 0.184. The second-order valence-electron chi connectivity index (χ2n) is 5.75. The van der Waals surface area contributed by atoms with Crippen LogP contribution in [0.2, 0.25) is 0 Å². The summed E-state index contributed by atoms with van der Waals surface area (Å²) in [6, 6.07) is 16.6. The molecule has 0 amide bonds. The molecule has 4 rings (SSSR count). The zero-order valence-electron chi connectivity index (χ0n) is 13.7. The second-order valence-corrected chi connectivity index (χ2v) is 5.75. The van der Waals surface area contributed by atoms with Crippen LogP contribution in [0.25, 0.3) is 27.9 Å². The summed E-state index contributed by atoms with van der Waals surface area (Å²) in [5.74, 6) is 0.302. The van der Waals surface area contributed by atoms with Crippen molar-refractivity contribution >= 4 is 16.8 Å². The van der Waals surface area contributed by atoms with Crippen molar-refractivity contribution in [2.45, 2.75) is 6.54 Å². The molecule has 2 heterocycles. The van der Waals surface area contributed by atoms with E-state index in [1.165, 1.54) is 0 Å². The normalized spacial score (nSPS) is 11.4. The summed E-state index contributed by atoms with van der Waals surface area (Å²) in [4.78, 5) is 17.7. The number of fused-ring (bicyclic) bond motifs is 3. The van der Waals surface area contributed by atoms with Crippen molar-refractivity contribution in [1.29, 1.82) is 0 Å². The first-order valence-electron chi connectivity index (χ1n) is 7.99. The summed E-state index contributed by atoms with van der Waals surface area (Å²) in [5.41, 5.74) is 2.05. The quantitative estimate of drug-likeness (QED) is 0.622. The summed E-state index contributed by atoms with van der Waals surface area (Å²) < 4.78 is 8.32. The molecule has 0 fully saturated rings. The zero-order chi connectivity index (χ0) is 17.4. The zero-order valence-corrected chi connectivity index (χ0v) is 13.7. The highest BCUT2D eigenvalue weighted by atomic mass is 16.5. The fraction of sp³-hybridized carbons (Fsp3) is 0.158. The summed E-state index contributed by atoms with van der Waals surface area (Å²) in [6.45, 7) is 0.777. The van der Waals surface area contributed by atoms with E-state index in [1.807, 2.05) is 54.6 Å². The van der Waals surface area contributed by atoms with Gasteiger partial charge in [-0.05, 0) is 17.7 Å². The van der Waals surface area contributed by atoms with Gasteiger partial charge in [0.15, 0.2) is 0 Å². The molecule has 6 heteroatoms. The third kappa shape index (κ3) is 2.38. The van der Waals surface area contributed by atoms with Crippen LogP contribution in [0.5, 0.6) is 5.88 Å². The average Bonchev–Trinajstić information content (AvgIpc) is 3.02. The first kappa shape index (κ1) is 15.4. The molecule has 4 aromatic rings. The molecule has 0 saturated carbocycles. The third-order valence-corrected chi connectivity index (χ3v) is 4.26. The summed E-state index contributed by atoms with van der Waals surface area (Å²) in [5, 5.41) is 10.8. The van der Waals surface area contributed by atoms with E-state index < -0.39 is 0 Å². The van der Waals surface area contributed by atoms with E-state index >= 15 is 0 Å². The van der Waals surface area contributed by atoms with Crippen molar-refractivity contribution in [3.63, 3.8) is 0 Å². The van der Waals surface area contributed by atoms with Gasteiger partial charge in [0.2, 0.25) is 11.7 Å². The largest absolute Gasteiger partial charge is 0.494 e. The molecule has 25 heavy (non-hydrogen) atoms. The Kier molecular flexibility index (Phi) is 3.74. The summed E-state index contributed by atoms with van der Waals surface area (Å²) in [6.07, 6.45) is 0. The molecule has 0 bridgehead atoms. The van der Waals surface area contributed by atoms with Crippen LogP contribution in [0.15, 0.2) is 59.4 Å². The maximum Gasteiger partial charge on any atom is 0.271 e. The van der Waals surface area contributed by atoms with Gasteiger partial charge in [-0.1, -0.05) is 42.5 Å². The molecule has 2 aromatic heterocycles. The van der Waals surface area contributed by atoms with Crippen molar-refractivity contribution in [2.24, 2.45) is 0 Å². The van der Waals surface area contributed by atoms with Gasteiger partial charge < -0.3 is 9.84 Å². The van der Waals surface area contributed by atoms with E-state index in [9.17, 15) is 9.90 Å². The fourth-order valence-corrected chi connectivity index (χ4v) is 3.08.